The second kappa shape index (κ2) is 19.5. The minimum absolute atomic E-state index is 0.0208. The predicted octanol–water partition coefficient (Wildman–Crippen LogP) is 6.02. The maximum Gasteiger partial charge on any atom is 0.262 e. The quantitative estimate of drug-likeness (QED) is 0.0643. The second-order valence-corrected chi connectivity index (χ2v) is 16.0. The van der Waals surface area contributed by atoms with E-state index in [1.807, 2.05) is 18.2 Å². The normalized spacial score (nSPS) is 17.2. The molecule has 16 heteroatoms. The smallest absolute Gasteiger partial charge is 0.262 e. The van der Waals surface area contributed by atoms with Crippen LogP contribution < -0.4 is 20.7 Å². The van der Waals surface area contributed by atoms with Gasteiger partial charge in [-0.15, -0.1) is 0 Å². The highest BCUT2D eigenvalue weighted by Gasteiger charge is 2.45. The van der Waals surface area contributed by atoms with Gasteiger partial charge in [0.2, 0.25) is 17.7 Å². The van der Waals surface area contributed by atoms with E-state index < -0.39 is 35.5 Å². The van der Waals surface area contributed by atoms with Crippen LogP contribution in [0.2, 0.25) is 5.02 Å². The Balaban J connectivity index is 0.801. The Morgan fingerprint density at radius 1 is 0.967 bits per heavy atom. The minimum Gasteiger partial charge on any atom is -0.496 e. The number of unbranched alkanes of at least 4 members (excludes halogenated alkanes) is 3. The van der Waals surface area contributed by atoms with Gasteiger partial charge in [0.05, 0.1) is 28.8 Å². The fourth-order valence-corrected chi connectivity index (χ4v) is 8.34. The van der Waals surface area contributed by atoms with Gasteiger partial charge in [0, 0.05) is 67.6 Å². The van der Waals surface area contributed by atoms with Crippen LogP contribution in [0, 0.1) is 5.82 Å². The number of anilines is 2. The van der Waals surface area contributed by atoms with Crippen LogP contribution >= 0.6 is 11.6 Å². The second-order valence-electron chi connectivity index (χ2n) is 15.5. The number of imide groups is 2. The van der Waals surface area contributed by atoms with Crippen LogP contribution in [-0.2, 0) is 32.0 Å². The number of benzene rings is 3. The maximum atomic E-state index is 13.7. The summed E-state index contributed by atoms with van der Waals surface area (Å²) in [6.07, 6.45) is 11.0. The van der Waals surface area contributed by atoms with Crippen LogP contribution in [0.4, 0.5) is 15.9 Å². The molecule has 3 N–H and O–H groups in total. The number of amides is 5. The van der Waals surface area contributed by atoms with Crippen molar-refractivity contribution in [3.8, 4) is 5.75 Å². The number of halogens is 2. The summed E-state index contributed by atoms with van der Waals surface area (Å²) in [5, 5.41) is 9.19. The lowest BCUT2D eigenvalue weighted by molar-refractivity contribution is -0.136. The van der Waals surface area contributed by atoms with Crippen molar-refractivity contribution in [2.45, 2.75) is 82.7 Å². The Hall–Kier alpha value is -6.06. The summed E-state index contributed by atoms with van der Waals surface area (Å²) in [5.74, 6) is -1.63. The molecule has 1 atom stereocenters. The topological polar surface area (TPSA) is 180 Å². The molecule has 0 spiro atoms. The summed E-state index contributed by atoms with van der Waals surface area (Å²) >= 11 is 5.96. The van der Waals surface area contributed by atoms with Crippen molar-refractivity contribution in [3.63, 3.8) is 0 Å². The van der Waals surface area contributed by atoms with Gasteiger partial charge in [0.25, 0.3) is 11.8 Å². The lowest BCUT2D eigenvalue weighted by Crippen LogP contribution is -2.54. The molecule has 0 saturated carbocycles. The molecule has 4 heterocycles. The summed E-state index contributed by atoms with van der Waals surface area (Å²) in [6, 6.07) is 12.1. The van der Waals surface area contributed by atoms with E-state index in [1.165, 1.54) is 25.6 Å². The summed E-state index contributed by atoms with van der Waals surface area (Å²) in [6.45, 7) is 2.19. The van der Waals surface area contributed by atoms with Crippen LogP contribution in [-0.4, -0.2) is 93.9 Å². The number of nitrogens with one attached hydrogen (secondary N) is 3. The van der Waals surface area contributed by atoms with Crippen molar-refractivity contribution < 1.29 is 37.9 Å². The van der Waals surface area contributed by atoms with Gasteiger partial charge in [-0.25, -0.2) is 14.4 Å². The highest BCUT2D eigenvalue weighted by molar-refractivity contribution is 6.31. The van der Waals surface area contributed by atoms with Crippen LogP contribution in [0.25, 0.3) is 10.9 Å². The number of carbonyl (C=O) groups is 6. The molecule has 0 radical (unpaired) electrons. The lowest BCUT2D eigenvalue weighted by atomic mass is 9.97. The monoisotopic (exact) mass is 851 g/mol. The Labute approximate surface area is 357 Å². The van der Waals surface area contributed by atoms with Crippen molar-refractivity contribution in [3.05, 3.63) is 100 Å². The number of nitrogens with zero attached hydrogens (tertiary/aromatic N) is 4. The number of fused-ring (bicyclic) bond motifs is 2. The van der Waals surface area contributed by atoms with E-state index in [9.17, 15) is 33.2 Å². The molecular weight excluding hydrogens is 805 g/mol. The number of rotatable bonds is 17. The average molecular weight is 852 g/mol. The number of allylic oxidation sites excluding steroid dienone is 1. The molecule has 61 heavy (non-hydrogen) atoms. The number of ketones is 1. The molecule has 1 aromatic heterocycles. The standard InChI is InChI=1S/C45H47ClFN7O7/c1-61-38-25-36-33(42(49-26-48-36)51-30-13-14-35(47)34(46)24-30)23-28(38)22-31(55)10-7-19-53-20-17-29(18-21-53)50-39(56)12-5-3-2-4-8-27-9-6-11-32-41(27)45(60)54(44(32)59)37-15-16-40(57)52-43(37)58/h6-7,9-11,13-14,23-26,29,37H,2-5,8,12,15-22H2,1H3,(H,50,56)(H,48,49,51)(H,52,57,58)/b10-7+. The van der Waals surface area contributed by atoms with E-state index >= 15 is 0 Å². The lowest BCUT2D eigenvalue weighted by Gasteiger charge is -2.31. The third-order valence-electron chi connectivity index (χ3n) is 11.4. The predicted molar refractivity (Wildman–Crippen MR) is 226 cm³/mol. The van der Waals surface area contributed by atoms with Gasteiger partial charge in [-0.3, -0.25) is 43.9 Å². The Morgan fingerprint density at radius 2 is 1.77 bits per heavy atom. The number of hydrogen-bond donors (Lipinski definition) is 3. The first-order valence-corrected chi connectivity index (χ1v) is 20.9. The molecule has 4 aromatic rings. The number of aryl methyl sites for hydroxylation is 1. The van der Waals surface area contributed by atoms with Gasteiger partial charge < -0.3 is 15.4 Å². The van der Waals surface area contributed by atoms with Crippen LogP contribution in [0.3, 0.4) is 0 Å². The zero-order valence-corrected chi connectivity index (χ0v) is 34.6. The Kier molecular flexibility index (Phi) is 13.8. The summed E-state index contributed by atoms with van der Waals surface area (Å²) < 4.78 is 19.3. The van der Waals surface area contributed by atoms with Crippen molar-refractivity contribution in [1.82, 2.24) is 30.4 Å². The molecule has 0 aliphatic carbocycles. The number of hydrogen-bond acceptors (Lipinski definition) is 11. The van der Waals surface area contributed by atoms with Gasteiger partial charge >= 0.3 is 0 Å². The highest BCUT2D eigenvalue weighted by atomic mass is 35.5. The minimum atomic E-state index is -0.994. The van der Waals surface area contributed by atoms with Crippen molar-refractivity contribution >= 4 is 69.3 Å². The number of aromatic nitrogens is 2. The molecule has 2 saturated heterocycles. The van der Waals surface area contributed by atoms with Gasteiger partial charge in [-0.05, 0) is 80.5 Å². The van der Waals surface area contributed by atoms with E-state index in [4.69, 9.17) is 16.3 Å². The molecule has 1 unspecified atom stereocenters. The Morgan fingerprint density at radius 3 is 2.54 bits per heavy atom. The van der Waals surface area contributed by atoms with E-state index in [0.29, 0.717) is 58.7 Å². The first-order valence-electron chi connectivity index (χ1n) is 20.6. The fourth-order valence-electron chi connectivity index (χ4n) is 8.15. The van der Waals surface area contributed by atoms with Gasteiger partial charge in [-0.1, -0.05) is 42.7 Å². The van der Waals surface area contributed by atoms with Crippen LogP contribution in [0.1, 0.15) is 89.6 Å². The van der Waals surface area contributed by atoms with Gasteiger partial charge in [0.15, 0.2) is 5.78 Å². The number of methoxy groups -OCH3 is 1. The molecule has 3 aromatic carbocycles. The number of likely N-dealkylation sites (tertiary alicyclic amines) is 1. The molecule has 3 aliphatic rings. The molecule has 14 nitrogen and oxygen atoms in total. The molecule has 0 bridgehead atoms. The van der Waals surface area contributed by atoms with E-state index in [0.717, 1.165) is 62.1 Å². The third kappa shape index (κ3) is 10.3. The SMILES string of the molecule is COc1cc2ncnc(Nc3ccc(F)c(Cl)c3)c2cc1CC(=O)/C=C/CN1CCC(NC(=O)CCCCCCc2cccc3c2C(=O)N(C2CCC(=O)NC2=O)C3=O)CC1. The third-order valence-corrected chi connectivity index (χ3v) is 11.6. The van der Waals surface area contributed by atoms with E-state index in [1.54, 1.807) is 30.3 Å². The molecule has 3 aliphatic heterocycles. The highest BCUT2D eigenvalue weighted by Crippen LogP contribution is 2.33. The van der Waals surface area contributed by atoms with Crippen molar-refractivity contribution in [2.24, 2.45) is 0 Å². The van der Waals surface area contributed by atoms with Crippen molar-refractivity contribution in [2.75, 3.05) is 32.1 Å². The van der Waals surface area contributed by atoms with Crippen LogP contribution in [0.5, 0.6) is 5.75 Å². The average Bonchev–Trinajstić information content (AvgIpc) is 3.50. The zero-order chi connectivity index (χ0) is 43.0. The molecule has 5 amide bonds. The molecule has 7 rings (SSSR count). The fraction of sp³-hybridized carbons (Fsp3) is 0.378. The van der Waals surface area contributed by atoms with Crippen LogP contribution in [0.15, 0.2) is 67.0 Å². The zero-order valence-electron chi connectivity index (χ0n) is 33.8. The molecule has 2 fully saturated rings. The van der Waals surface area contributed by atoms with Gasteiger partial charge in [-0.2, -0.15) is 0 Å². The first-order chi connectivity index (χ1) is 29.5. The Bertz CT molecular complexity index is 2400. The first kappa shape index (κ1) is 43.0. The van der Waals surface area contributed by atoms with E-state index in [-0.39, 0.29) is 47.6 Å². The summed E-state index contributed by atoms with van der Waals surface area (Å²) in [5.41, 5.74) is 3.21. The summed E-state index contributed by atoms with van der Waals surface area (Å²) in [4.78, 5) is 88.2. The van der Waals surface area contributed by atoms with Gasteiger partial charge in [0.1, 0.15) is 29.8 Å². The maximum absolute atomic E-state index is 13.7. The number of carbonyl (C=O) groups excluding carboxylic acids is 6. The summed E-state index contributed by atoms with van der Waals surface area (Å²) in [7, 11) is 1.54. The molecule has 318 valence electrons. The van der Waals surface area contributed by atoms with Crippen molar-refractivity contribution in [1.29, 1.82) is 0 Å². The largest absolute Gasteiger partial charge is 0.496 e. The number of piperidine rings is 2. The van der Waals surface area contributed by atoms with E-state index in [2.05, 4.69) is 30.8 Å². The molecular formula is C45H47ClFN7O7. The number of ether oxygens (including phenoxy) is 1.